The number of aromatic nitrogens is 4. The lowest BCUT2D eigenvalue weighted by Gasteiger charge is -2.12. The second-order valence-corrected chi connectivity index (χ2v) is 4.83. The predicted molar refractivity (Wildman–Crippen MR) is 76.1 cm³/mol. The van der Waals surface area contributed by atoms with Gasteiger partial charge in [-0.05, 0) is 13.0 Å². The van der Waals surface area contributed by atoms with Crippen LogP contribution in [0.4, 0.5) is 5.95 Å². The van der Waals surface area contributed by atoms with Crippen molar-refractivity contribution in [1.82, 2.24) is 24.4 Å². The molecule has 0 saturated heterocycles. The Morgan fingerprint density at radius 1 is 1.37 bits per heavy atom. The van der Waals surface area contributed by atoms with Crippen molar-refractivity contribution in [3.05, 3.63) is 30.6 Å². The maximum absolute atomic E-state index is 4.39. The molecule has 2 rings (SSSR count). The monoisotopic (exact) mass is 262 g/mol. The first-order valence-electron chi connectivity index (χ1n) is 6.53. The zero-order valence-electron chi connectivity index (χ0n) is 11.9. The van der Waals surface area contributed by atoms with Gasteiger partial charge in [0.2, 0.25) is 5.95 Å². The highest BCUT2D eigenvalue weighted by atomic mass is 15.3. The molecule has 6 nitrogen and oxygen atoms in total. The Hall–Kier alpha value is -1.82. The number of hydrogen-bond donors (Lipinski definition) is 1. The Morgan fingerprint density at radius 2 is 2.21 bits per heavy atom. The van der Waals surface area contributed by atoms with E-state index in [0.29, 0.717) is 0 Å². The highest BCUT2D eigenvalue weighted by molar-refractivity contribution is 5.30. The molecule has 104 valence electrons. The van der Waals surface area contributed by atoms with Crippen molar-refractivity contribution in [2.45, 2.75) is 19.5 Å². The lowest BCUT2D eigenvalue weighted by Crippen LogP contribution is -2.19. The quantitative estimate of drug-likeness (QED) is 0.752. The average molecular weight is 262 g/mol. The number of imidazole rings is 2. The van der Waals surface area contributed by atoms with Crippen molar-refractivity contribution < 1.29 is 0 Å². The van der Waals surface area contributed by atoms with Crippen LogP contribution in [0.15, 0.2) is 24.9 Å². The molecule has 0 atom stereocenters. The van der Waals surface area contributed by atoms with Gasteiger partial charge >= 0.3 is 0 Å². The van der Waals surface area contributed by atoms with Crippen molar-refractivity contribution in [1.29, 1.82) is 0 Å². The predicted octanol–water partition coefficient (Wildman–Crippen LogP) is 0.862. The van der Waals surface area contributed by atoms with E-state index < -0.39 is 0 Å². The summed E-state index contributed by atoms with van der Waals surface area (Å²) in [6, 6.07) is 0. The van der Waals surface area contributed by atoms with E-state index in [1.807, 2.05) is 51.0 Å². The van der Waals surface area contributed by atoms with Gasteiger partial charge < -0.3 is 19.4 Å². The van der Waals surface area contributed by atoms with Crippen LogP contribution < -0.4 is 10.2 Å². The van der Waals surface area contributed by atoms with E-state index in [2.05, 4.69) is 24.4 Å². The molecule has 0 amide bonds. The molecule has 0 radical (unpaired) electrons. The third-order valence-electron chi connectivity index (χ3n) is 3.10. The van der Waals surface area contributed by atoms with Gasteiger partial charge in [-0.15, -0.1) is 0 Å². The molecule has 2 aromatic heterocycles. The van der Waals surface area contributed by atoms with Crippen LogP contribution >= 0.6 is 0 Å². The lowest BCUT2D eigenvalue weighted by molar-refractivity contribution is 0.571. The third kappa shape index (κ3) is 3.57. The normalized spacial score (nSPS) is 10.9. The first kappa shape index (κ1) is 13.6. The largest absolute Gasteiger partial charge is 0.348 e. The summed E-state index contributed by atoms with van der Waals surface area (Å²) in [6.45, 7) is 2.84. The van der Waals surface area contributed by atoms with Crippen LogP contribution in [0.3, 0.4) is 0 Å². The fourth-order valence-electron chi connectivity index (χ4n) is 2.04. The SMILES string of the molecule is CN(C)c1ncc(CNCCCn2ccnc2)n1C. The lowest BCUT2D eigenvalue weighted by atomic mass is 10.4. The number of hydrogen-bond acceptors (Lipinski definition) is 4. The standard InChI is InChI=1S/C13H22N6/c1-17(2)13-16-10-12(18(13)3)9-14-5-4-7-19-8-6-15-11-19/h6,8,10-11,14H,4-5,7,9H2,1-3H3. The number of anilines is 1. The molecule has 0 aliphatic rings. The molecular formula is C13H22N6. The van der Waals surface area contributed by atoms with E-state index in [1.165, 1.54) is 5.69 Å². The molecule has 2 aromatic rings. The fourth-order valence-corrected chi connectivity index (χ4v) is 2.04. The zero-order chi connectivity index (χ0) is 13.7. The maximum atomic E-state index is 4.39. The Bertz CT molecular complexity index is 485. The van der Waals surface area contributed by atoms with E-state index in [0.717, 1.165) is 32.0 Å². The minimum atomic E-state index is 0.848. The van der Waals surface area contributed by atoms with Crippen molar-refractivity contribution in [2.75, 3.05) is 25.5 Å². The molecule has 0 aromatic carbocycles. The summed E-state index contributed by atoms with van der Waals surface area (Å²) in [5, 5.41) is 3.44. The molecule has 2 heterocycles. The van der Waals surface area contributed by atoms with Gasteiger partial charge in [-0.2, -0.15) is 0 Å². The third-order valence-corrected chi connectivity index (χ3v) is 3.10. The van der Waals surface area contributed by atoms with Gasteiger partial charge in [0, 0.05) is 46.6 Å². The average Bonchev–Trinajstić information content (AvgIpc) is 2.99. The Morgan fingerprint density at radius 3 is 2.84 bits per heavy atom. The van der Waals surface area contributed by atoms with Gasteiger partial charge in [0.1, 0.15) is 0 Å². The van der Waals surface area contributed by atoms with E-state index in [1.54, 1.807) is 0 Å². The molecule has 19 heavy (non-hydrogen) atoms. The molecule has 0 aliphatic carbocycles. The molecule has 0 aliphatic heterocycles. The summed E-state index contributed by atoms with van der Waals surface area (Å²) < 4.78 is 4.21. The number of aryl methyl sites for hydroxylation is 1. The van der Waals surface area contributed by atoms with Crippen LogP contribution in [-0.2, 0) is 20.1 Å². The molecule has 1 N–H and O–H groups in total. The zero-order valence-corrected chi connectivity index (χ0v) is 11.9. The van der Waals surface area contributed by atoms with Crippen LogP contribution in [0.25, 0.3) is 0 Å². The van der Waals surface area contributed by atoms with Crippen molar-refractivity contribution in [3.8, 4) is 0 Å². The second kappa shape index (κ2) is 6.38. The van der Waals surface area contributed by atoms with Gasteiger partial charge in [-0.1, -0.05) is 0 Å². The van der Waals surface area contributed by atoms with E-state index in [-0.39, 0.29) is 0 Å². The Labute approximate surface area is 114 Å². The number of nitrogens with one attached hydrogen (secondary N) is 1. The molecular weight excluding hydrogens is 240 g/mol. The smallest absolute Gasteiger partial charge is 0.204 e. The minimum absolute atomic E-state index is 0.848. The van der Waals surface area contributed by atoms with Crippen LogP contribution in [0, 0.1) is 0 Å². The van der Waals surface area contributed by atoms with E-state index in [4.69, 9.17) is 0 Å². The van der Waals surface area contributed by atoms with Gasteiger partial charge in [-0.3, -0.25) is 0 Å². The maximum Gasteiger partial charge on any atom is 0.204 e. The summed E-state index contributed by atoms with van der Waals surface area (Å²) in [7, 11) is 6.06. The molecule has 0 spiro atoms. The van der Waals surface area contributed by atoms with E-state index in [9.17, 15) is 0 Å². The van der Waals surface area contributed by atoms with Crippen LogP contribution in [0.2, 0.25) is 0 Å². The van der Waals surface area contributed by atoms with Crippen LogP contribution in [0.1, 0.15) is 12.1 Å². The molecule has 0 fully saturated rings. The summed E-state index contributed by atoms with van der Waals surface area (Å²) in [5.74, 6) is 0.982. The summed E-state index contributed by atoms with van der Waals surface area (Å²) in [5.41, 5.74) is 1.20. The van der Waals surface area contributed by atoms with Crippen LogP contribution in [0.5, 0.6) is 0 Å². The topological polar surface area (TPSA) is 50.9 Å². The first-order valence-corrected chi connectivity index (χ1v) is 6.53. The molecule has 0 saturated carbocycles. The van der Waals surface area contributed by atoms with Gasteiger partial charge in [0.05, 0.1) is 18.2 Å². The molecule has 6 heteroatoms. The Balaban J connectivity index is 1.71. The van der Waals surface area contributed by atoms with Gasteiger partial charge in [-0.25, -0.2) is 9.97 Å². The van der Waals surface area contributed by atoms with Gasteiger partial charge in [0.15, 0.2) is 0 Å². The van der Waals surface area contributed by atoms with Crippen molar-refractivity contribution >= 4 is 5.95 Å². The van der Waals surface area contributed by atoms with Crippen molar-refractivity contribution in [3.63, 3.8) is 0 Å². The number of nitrogens with zero attached hydrogens (tertiary/aromatic N) is 5. The highest BCUT2D eigenvalue weighted by Crippen LogP contribution is 2.10. The van der Waals surface area contributed by atoms with Crippen LogP contribution in [-0.4, -0.2) is 39.7 Å². The Kier molecular flexibility index (Phi) is 4.57. The minimum Gasteiger partial charge on any atom is -0.348 e. The summed E-state index contributed by atoms with van der Waals surface area (Å²) >= 11 is 0. The molecule has 0 unspecified atom stereocenters. The highest BCUT2D eigenvalue weighted by Gasteiger charge is 2.06. The second-order valence-electron chi connectivity index (χ2n) is 4.83. The number of rotatable bonds is 7. The summed E-state index contributed by atoms with van der Waals surface area (Å²) in [6.07, 6.45) is 8.67. The molecule has 0 bridgehead atoms. The fraction of sp³-hybridized carbons (Fsp3) is 0.538. The van der Waals surface area contributed by atoms with Gasteiger partial charge in [0.25, 0.3) is 0 Å². The van der Waals surface area contributed by atoms with E-state index >= 15 is 0 Å². The summed E-state index contributed by atoms with van der Waals surface area (Å²) in [4.78, 5) is 10.4. The van der Waals surface area contributed by atoms with Crippen molar-refractivity contribution in [2.24, 2.45) is 7.05 Å². The first-order chi connectivity index (χ1) is 9.18.